The molecule has 33 heavy (non-hydrogen) atoms. The Morgan fingerprint density at radius 1 is 1.00 bits per heavy atom. The third kappa shape index (κ3) is 4.11. The lowest BCUT2D eigenvalue weighted by atomic mass is 9.92. The molecule has 1 amide bonds. The minimum atomic E-state index is -0.251. The molecule has 1 aromatic carbocycles. The van der Waals surface area contributed by atoms with E-state index in [1.54, 1.807) is 22.8 Å². The second kappa shape index (κ2) is 8.39. The van der Waals surface area contributed by atoms with E-state index < -0.39 is 0 Å². The number of pyridine rings is 1. The lowest BCUT2D eigenvalue weighted by Crippen LogP contribution is -2.39. The van der Waals surface area contributed by atoms with Crippen molar-refractivity contribution in [1.82, 2.24) is 24.5 Å². The number of hydrogen-bond acceptors (Lipinski definition) is 4. The van der Waals surface area contributed by atoms with Gasteiger partial charge in [0.25, 0.3) is 5.91 Å². The van der Waals surface area contributed by atoms with Gasteiger partial charge in [-0.25, -0.2) is 13.9 Å². The molecule has 0 aliphatic carbocycles. The summed E-state index contributed by atoms with van der Waals surface area (Å²) in [5.74, 6) is -0.155. The van der Waals surface area contributed by atoms with Gasteiger partial charge in [0, 0.05) is 41.8 Å². The molecule has 5 rings (SSSR count). The summed E-state index contributed by atoms with van der Waals surface area (Å²) >= 11 is 0. The summed E-state index contributed by atoms with van der Waals surface area (Å²) in [4.78, 5) is 24.7. The number of piperidine rings is 1. The summed E-state index contributed by atoms with van der Waals surface area (Å²) in [6.45, 7) is 7.15. The number of likely N-dealkylation sites (tertiary alicyclic amines) is 1. The molecule has 0 N–H and O–H groups in total. The van der Waals surface area contributed by atoms with E-state index in [-0.39, 0.29) is 17.6 Å². The number of fused-ring (bicyclic) bond motifs is 1. The normalized spacial score (nSPS) is 16.4. The van der Waals surface area contributed by atoms with Crippen LogP contribution in [0.1, 0.15) is 51.9 Å². The van der Waals surface area contributed by atoms with Crippen LogP contribution in [0, 0.1) is 26.6 Å². The highest BCUT2D eigenvalue weighted by molar-refractivity contribution is 5.99. The number of halogens is 1. The van der Waals surface area contributed by atoms with Gasteiger partial charge in [-0.3, -0.25) is 9.78 Å². The number of aryl methyl sites for hydroxylation is 3. The second-order valence-corrected chi connectivity index (χ2v) is 8.85. The van der Waals surface area contributed by atoms with Crippen LogP contribution >= 0.6 is 0 Å². The fourth-order valence-corrected chi connectivity index (χ4v) is 4.71. The smallest absolute Gasteiger partial charge is 0.259 e. The highest BCUT2D eigenvalue weighted by Gasteiger charge is 2.29. The monoisotopic (exact) mass is 443 g/mol. The van der Waals surface area contributed by atoms with E-state index in [9.17, 15) is 9.18 Å². The topological polar surface area (TPSA) is 63.4 Å². The summed E-state index contributed by atoms with van der Waals surface area (Å²) in [6.07, 6.45) is 3.50. The number of nitrogens with zero attached hydrogens (tertiary/aromatic N) is 5. The van der Waals surface area contributed by atoms with Crippen molar-refractivity contribution in [3.05, 3.63) is 82.8 Å². The van der Waals surface area contributed by atoms with Crippen molar-refractivity contribution in [2.75, 3.05) is 13.1 Å². The zero-order chi connectivity index (χ0) is 23.1. The lowest BCUT2D eigenvalue weighted by molar-refractivity contribution is 0.0707. The maximum absolute atomic E-state index is 13.4. The molecule has 0 spiro atoms. The largest absolute Gasteiger partial charge is 0.338 e. The molecular formula is C26H26FN5O. The third-order valence-corrected chi connectivity index (χ3v) is 6.29. The lowest BCUT2D eigenvalue weighted by Gasteiger charge is -2.32. The Hall–Kier alpha value is -3.61. The Morgan fingerprint density at radius 3 is 2.55 bits per heavy atom. The van der Waals surface area contributed by atoms with Gasteiger partial charge in [-0.05, 0) is 75.1 Å². The maximum Gasteiger partial charge on any atom is 0.259 e. The number of amides is 1. The van der Waals surface area contributed by atoms with Gasteiger partial charge in [-0.15, -0.1) is 0 Å². The van der Waals surface area contributed by atoms with E-state index in [2.05, 4.69) is 16.1 Å². The molecule has 1 fully saturated rings. The Bertz CT molecular complexity index is 1350. The first-order valence-corrected chi connectivity index (χ1v) is 11.2. The fraction of sp³-hybridized carbons (Fsp3) is 0.308. The third-order valence-electron chi connectivity index (χ3n) is 6.29. The summed E-state index contributed by atoms with van der Waals surface area (Å²) < 4.78 is 15.1. The van der Waals surface area contributed by atoms with Gasteiger partial charge in [0.2, 0.25) is 0 Å². The van der Waals surface area contributed by atoms with Gasteiger partial charge in [-0.2, -0.15) is 5.10 Å². The number of hydrogen-bond donors (Lipinski definition) is 0. The Labute approximate surface area is 192 Å². The molecule has 0 bridgehead atoms. The van der Waals surface area contributed by atoms with Crippen molar-refractivity contribution in [3.8, 4) is 11.1 Å². The molecule has 1 saturated heterocycles. The molecule has 4 aromatic rings. The van der Waals surface area contributed by atoms with E-state index in [0.717, 1.165) is 46.7 Å². The predicted molar refractivity (Wildman–Crippen MR) is 125 cm³/mol. The van der Waals surface area contributed by atoms with Gasteiger partial charge in [0.15, 0.2) is 5.65 Å². The minimum absolute atomic E-state index is 0.0430. The number of carbonyl (C=O) groups is 1. The number of rotatable bonds is 3. The fourth-order valence-electron chi connectivity index (χ4n) is 4.71. The van der Waals surface area contributed by atoms with Crippen LogP contribution in [-0.2, 0) is 0 Å². The highest BCUT2D eigenvalue weighted by Crippen LogP contribution is 2.30. The van der Waals surface area contributed by atoms with Gasteiger partial charge in [0.1, 0.15) is 11.4 Å². The van der Waals surface area contributed by atoms with E-state index >= 15 is 0 Å². The summed E-state index contributed by atoms with van der Waals surface area (Å²) in [7, 11) is 0. The molecule has 0 saturated carbocycles. The zero-order valence-electron chi connectivity index (χ0n) is 19.0. The van der Waals surface area contributed by atoms with Gasteiger partial charge in [0.05, 0.1) is 6.20 Å². The molecule has 1 unspecified atom stereocenters. The Balaban J connectivity index is 1.43. The van der Waals surface area contributed by atoms with Crippen LogP contribution in [0.5, 0.6) is 0 Å². The quantitative estimate of drug-likeness (QED) is 0.453. The molecule has 7 heteroatoms. The van der Waals surface area contributed by atoms with Gasteiger partial charge < -0.3 is 4.90 Å². The van der Waals surface area contributed by atoms with Crippen molar-refractivity contribution in [2.24, 2.45) is 0 Å². The van der Waals surface area contributed by atoms with Crippen LogP contribution in [-0.4, -0.2) is 43.5 Å². The molecule has 1 aliphatic rings. The van der Waals surface area contributed by atoms with E-state index in [1.807, 2.05) is 37.8 Å². The standard InChI is InChI=1S/C26H26FN5O/c1-16-11-18(3)32-25(30-16)23(14-28-32)26(33)31-10-4-5-20(15-31)24-13-21(12-17(2)29-24)19-6-8-22(27)9-7-19/h6-9,11-14,20H,4-5,10,15H2,1-3H3. The van der Waals surface area contributed by atoms with Gasteiger partial charge >= 0.3 is 0 Å². The van der Waals surface area contributed by atoms with Crippen molar-refractivity contribution in [1.29, 1.82) is 0 Å². The molecule has 3 aromatic heterocycles. The second-order valence-electron chi connectivity index (χ2n) is 8.85. The highest BCUT2D eigenvalue weighted by atomic mass is 19.1. The van der Waals surface area contributed by atoms with Crippen molar-refractivity contribution >= 4 is 11.6 Å². The maximum atomic E-state index is 13.4. The van der Waals surface area contributed by atoms with Crippen LogP contribution in [0.25, 0.3) is 16.8 Å². The summed E-state index contributed by atoms with van der Waals surface area (Å²) in [5.41, 5.74) is 6.80. The first kappa shape index (κ1) is 21.2. The van der Waals surface area contributed by atoms with Crippen molar-refractivity contribution in [2.45, 2.75) is 39.5 Å². The first-order valence-electron chi connectivity index (χ1n) is 11.2. The Kier molecular flexibility index (Phi) is 5.40. The number of aromatic nitrogens is 4. The van der Waals surface area contributed by atoms with Gasteiger partial charge in [-0.1, -0.05) is 12.1 Å². The molecule has 1 aliphatic heterocycles. The molecule has 1 atom stereocenters. The molecule has 168 valence electrons. The van der Waals surface area contributed by atoms with Crippen LogP contribution in [0.4, 0.5) is 4.39 Å². The summed E-state index contributed by atoms with van der Waals surface area (Å²) in [5, 5.41) is 4.38. The SMILES string of the molecule is Cc1cc(-c2ccc(F)cc2)cc(C2CCCN(C(=O)c3cnn4c(C)cc(C)nc34)C2)n1. The predicted octanol–water partition coefficient (Wildman–Crippen LogP) is 4.88. The molecule has 4 heterocycles. The van der Waals surface area contributed by atoms with Crippen LogP contribution < -0.4 is 0 Å². The number of carbonyl (C=O) groups excluding carboxylic acids is 1. The number of benzene rings is 1. The molecular weight excluding hydrogens is 417 g/mol. The molecule has 0 radical (unpaired) electrons. The average molecular weight is 444 g/mol. The van der Waals surface area contributed by atoms with E-state index in [0.29, 0.717) is 24.3 Å². The van der Waals surface area contributed by atoms with E-state index in [1.165, 1.54) is 12.1 Å². The first-order chi connectivity index (χ1) is 15.9. The minimum Gasteiger partial charge on any atom is -0.338 e. The summed E-state index contributed by atoms with van der Waals surface area (Å²) in [6, 6.07) is 12.5. The zero-order valence-corrected chi connectivity index (χ0v) is 19.0. The van der Waals surface area contributed by atoms with Crippen LogP contribution in [0.15, 0.2) is 48.7 Å². The Morgan fingerprint density at radius 2 is 1.76 bits per heavy atom. The van der Waals surface area contributed by atoms with Crippen LogP contribution in [0.3, 0.4) is 0 Å². The van der Waals surface area contributed by atoms with E-state index in [4.69, 9.17) is 4.98 Å². The molecule has 6 nitrogen and oxygen atoms in total. The van der Waals surface area contributed by atoms with Crippen LogP contribution in [0.2, 0.25) is 0 Å². The van der Waals surface area contributed by atoms with Crippen molar-refractivity contribution in [3.63, 3.8) is 0 Å². The van der Waals surface area contributed by atoms with Crippen molar-refractivity contribution < 1.29 is 9.18 Å². The average Bonchev–Trinajstić information content (AvgIpc) is 3.23.